The van der Waals surface area contributed by atoms with Gasteiger partial charge in [0.25, 0.3) is 0 Å². The summed E-state index contributed by atoms with van der Waals surface area (Å²) in [5.41, 5.74) is 5.02. The Labute approximate surface area is 110 Å². The van der Waals surface area contributed by atoms with Gasteiger partial charge in [-0.25, -0.2) is 4.98 Å². The Morgan fingerprint density at radius 1 is 0.944 bits per heavy atom. The number of nitrogens with zero attached hydrogens (tertiary/aromatic N) is 2. The number of pyridine rings is 1. The monoisotopic (exact) mass is 244 g/mol. The Balaban J connectivity index is 2.87. The molecule has 0 bridgehead atoms. The first-order valence-corrected chi connectivity index (χ1v) is 6.60. The maximum absolute atomic E-state index is 4.85. The minimum Gasteiger partial charge on any atom is -0.303 e. The van der Waals surface area contributed by atoms with E-state index in [9.17, 15) is 0 Å². The van der Waals surface area contributed by atoms with Crippen LogP contribution < -0.4 is 0 Å². The molecule has 0 aromatic carbocycles. The van der Waals surface area contributed by atoms with E-state index < -0.39 is 0 Å². The molecule has 0 fully saturated rings. The van der Waals surface area contributed by atoms with Crippen molar-refractivity contribution in [3.8, 4) is 0 Å². The van der Waals surface area contributed by atoms with Gasteiger partial charge in [-0.1, -0.05) is 47.6 Å². The molecule has 0 atom stereocenters. The highest BCUT2D eigenvalue weighted by Crippen LogP contribution is 2.34. The first-order chi connectivity index (χ1) is 8.10. The Kier molecular flexibility index (Phi) is 2.80. The third-order valence-electron chi connectivity index (χ3n) is 3.19. The summed E-state index contributed by atoms with van der Waals surface area (Å²) < 4.78 is 2.26. The van der Waals surface area contributed by atoms with E-state index in [2.05, 4.69) is 71.2 Å². The second-order valence-electron chi connectivity index (χ2n) is 7.24. The van der Waals surface area contributed by atoms with Crippen molar-refractivity contribution < 1.29 is 0 Å². The molecule has 0 radical (unpaired) electrons. The van der Waals surface area contributed by atoms with Crippen molar-refractivity contribution >= 4 is 5.65 Å². The van der Waals surface area contributed by atoms with Crippen LogP contribution in [0.3, 0.4) is 0 Å². The van der Waals surface area contributed by atoms with Gasteiger partial charge in [0.1, 0.15) is 5.65 Å². The lowest BCUT2D eigenvalue weighted by atomic mass is 9.82. The summed E-state index contributed by atoms with van der Waals surface area (Å²) in [6.07, 6.45) is 2.19. The van der Waals surface area contributed by atoms with Crippen LogP contribution in [0.4, 0.5) is 0 Å². The SMILES string of the molecule is Cc1ccc2nc(C(C)(C)C)c(C(C)(C)C)n2c1. The molecule has 98 valence electrons. The fraction of sp³-hybridized carbons (Fsp3) is 0.562. The molecular formula is C16H24N2. The van der Waals surface area contributed by atoms with Gasteiger partial charge in [-0.2, -0.15) is 0 Å². The van der Waals surface area contributed by atoms with Gasteiger partial charge >= 0.3 is 0 Å². The van der Waals surface area contributed by atoms with Crippen LogP contribution in [0.2, 0.25) is 0 Å². The smallest absolute Gasteiger partial charge is 0.137 e. The minimum absolute atomic E-state index is 0.0720. The third-order valence-corrected chi connectivity index (χ3v) is 3.19. The first kappa shape index (κ1) is 13.1. The molecule has 0 saturated heterocycles. The van der Waals surface area contributed by atoms with Gasteiger partial charge in [0.05, 0.1) is 11.4 Å². The summed E-state index contributed by atoms with van der Waals surface area (Å²) in [6.45, 7) is 15.6. The van der Waals surface area contributed by atoms with Crippen LogP contribution in [-0.4, -0.2) is 9.38 Å². The number of fused-ring (bicyclic) bond motifs is 1. The van der Waals surface area contributed by atoms with E-state index in [1.165, 1.54) is 17.0 Å². The highest BCUT2D eigenvalue weighted by Gasteiger charge is 2.30. The fourth-order valence-electron chi connectivity index (χ4n) is 2.39. The average molecular weight is 244 g/mol. The van der Waals surface area contributed by atoms with Gasteiger partial charge in [-0.3, -0.25) is 0 Å². The number of hydrogen-bond donors (Lipinski definition) is 0. The minimum atomic E-state index is 0.0720. The second-order valence-corrected chi connectivity index (χ2v) is 7.24. The van der Waals surface area contributed by atoms with Crippen molar-refractivity contribution in [3.63, 3.8) is 0 Å². The van der Waals surface area contributed by atoms with Crippen LogP contribution in [0.5, 0.6) is 0 Å². The number of aromatic nitrogens is 2. The van der Waals surface area contributed by atoms with E-state index in [0.717, 1.165) is 5.65 Å². The predicted molar refractivity (Wildman–Crippen MR) is 77.3 cm³/mol. The summed E-state index contributed by atoms with van der Waals surface area (Å²) >= 11 is 0. The Morgan fingerprint density at radius 3 is 2.06 bits per heavy atom. The maximum atomic E-state index is 4.85. The van der Waals surface area contributed by atoms with Gasteiger partial charge in [-0.15, -0.1) is 0 Å². The zero-order chi connectivity index (χ0) is 13.7. The predicted octanol–water partition coefficient (Wildman–Crippen LogP) is 4.24. The van der Waals surface area contributed by atoms with E-state index in [1.807, 2.05) is 0 Å². The van der Waals surface area contributed by atoms with E-state index in [-0.39, 0.29) is 10.8 Å². The zero-order valence-corrected chi connectivity index (χ0v) is 12.6. The van der Waals surface area contributed by atoms with Crippen LogP contribution in [0.1, 0.15) is 58.5 Å². The summed E-state index contributed by atoms with van der Waals surface area (Å²) in [5, 5.41) is 0. The standard InChI is InChI=1S/C16H24N2/c1-11-8-9-12-17-13(15(2,3)4)14(16(5,6)7)18(12)10-11/h8-10H,1-7H3. The van der Waals surface area contributed by atoms with Crippen LogP contribution in [0, 0.1) is 6.92 Å². The highest BCUT2D eigenvalue weighted by molar-refractivity contribution is 5.48. The molecule has 0 amide bonds. The molecule has 2 heterocycles. The Bertz CT molecular complexity index is 577. The highest BCUT2D eigenvalue weighted by atomic mass is 15.0. The van der Waals surface area contributed by atoms with Gasteiger partial charge in [0.15, 0.2) is 0 Å². The van der Waals surface area contributed by atoms with Gasteiger partial charge < -0.3 is 4.40 Å². The van der Waals surface area contributed by atoms with E-state index in [4.69, 9.17) is 4.98 Å². The van der Waals surface area contributed by atoms with Crippen LogP contribution in [0.15, 0.2) is 18.3 Å². The summed E-state index contributed by atoms with van der Waals surface area (Å²) in [5.74, 6) is 0. The fourth-order valence-corrected chi connectivity index (χ4v) is 2.39. The molecule has 0 unspecified atom stereocenters. The lowest BCUT2D eigenvalue weighted by Gasteiger charge is -2.25. The van der Waals surface area contributed by atoms with E-state index in [0.29, 0.717) is 0 Å². The van der Waals surface area contributed by atoms with Crippen molar-refractivity contribution in [1.82, 2.24) is 9.38 Å². The summed E-state index contributed by atoms with van der Waals surface area (Å²) in [4.78, 5) is 4.85. The molecule has 0 spiro atoms. The zero-order valence-electron chi connectivity index (χ0n) is 12.6. The largest absolute Gasteiger partial charge is 0.303 e. The molecule has 2 rings (SSSR count). The average Bonchev–Trinajstić information content (AvgIpc) is 2.54. The quantitative estimate of drug-likeness (QED) is 0.677. The van der Waals surface area contributed by atoms with E-state index in [1.54, 1.807) is 0 Å². The molecule has 0 N–H and O–H groups in total. The van der Waals surface area contributed by atoms with Crippen molar-refractivity contribution in [2.75, 3.05) is 0 Å². The number of aryl methyl sites for hydroxylation is 1. The number of hydrogen-bond acceptors (Lipinski definition) is 1. The lowest BCUT2D eigenvalue weighted by molar-refractivity contribution is 0.506. The molecule has 18 heavy (non-hydrogen) atoms. The number of rotatable bonds is 0. The molecule has 2 heteroatoms. The molecule has 2 nitrogen and oxygen atoms in total. The van der Waals surface area contributed by atoms with Crippen LogP contribution in [0.25, 0.3) is 5.65 Å². The molecule has 0 aliphatic carbocycles. The van der Waals surface area contributed by atoms with Crippen molar-refractivity contribution in [2.45, 2.75) is 59.3 Å². The Morgan fingerprint density at radius 2 is 1.56 bits per heavy atom. The second kappa shape index (κ2) is 3.84. The van der Waals surface area contributed by atoms with Gasteiger partial charge in [-0.05, 0) is 18.6 Å². The molecule has 2 aromatic rings. The maximum Gasteiger partial charge on any atom is 0.137 e. The van der Waals surface area contributed by atoms with Crippen molar-refractivity contribution in [2.24, 2.45) is 0 Å². The summed E-state index contributed by atoms with van der Waals surface area (Å²) in [6, 6.07) is 4.24. The molecule has 0 saturated carbocycles. The van der Waals surface area contributed by atoms with Gasteiger partial charge in [0.2, 0.25) is 0 Å². The van der Waals surface area contributed by atoms with Crippen molar-refractivity contribution in [3.05, 3.63) is 35.3 Å². The molecule has 2 aromatic heterocycles. The summed E-state index contributed by atoms with van der Waals surface area (Å²) in [7, 11) is 0. The van der Waals surface area contributed by atoms with Gasteiger partial charge in [0, 0.05) is 17.0 Å². The third kappa shape index (κ3) is 2.16. The molecule has 0 aliphatic rings. The van der Waals surface area contributed by atoms with Crippen molar-refractivity contribution in [1.29, 1.82) is 0 Å². The topological polar surface area (TPSA) is 17.3 Å². The lowest BCUT2D eigenvalue weighted by Crippen LogP contribution is -2.23. The molecular weight excluding hydrogens is 220 g/mol. The normalized spacial score (nSPS) is 13.3. The Hall–Kier alpha value is -1.31. The molecule has 0 aliphatic heterocycles. The van der Waals surface area contributed by atoms with E-state index >= 15 is 0 Å². The first-order valence-electron chi connectivity index (χ1n) is 6.60. The van der Waals surface area contributed by atoms with Crippen LogP contribution in [-0.2, 0) is 10.8 Å². The van der Waals surface area contributed by atoms with Crippen LogP contribution >= 0.6 is 0 Å². The number of imidazole rings is 1.